The van der Waals surface area contributed by atoms with Gasteiger partial charge in [0, 0.05) is 6.20 Å². The van der Waals surface area contributed by atoms with Gasteiger partial charge >= 0.3 is 0 Å². The van der Waals surface area contributed by atoms with Crippen LogP contribution in [0.3, 0.4) is 0 Å². The summed E-state index contributed by atoms with van der Waals surface area (Å²) < 4.78 is 1.90. The number of likely N-dealkylation sites (tertiary alicyclic amines) is 1. The van der Waals surface area contributed by atoms with Gasteiger partial charge in [-0.15, -0.1) is 10.2 Å². The van der Waals surface area contributed by atoms with Crippen LogP contribution in [-0.2, 0) is 0 Å². The Morgan fingerprint density at radius 3 is 3.18 bits per heavy atom. The van der Waals surface area contributed by atoms with Crippen LogP contribution in [-0.4, -0.2) is 37.7 Å². The second-order valence-corrected chi connectivity index (χ2v) is 4.43. The molecule has 3 heterocycles. The van der Waals surface area contributed by atoms with Gasteiger partial charge in [-0.3, -0.25) is 9.30 Å². The molecule has 5 heteroatoms. The summed E-state index contributed by atoms with van der Waals surface area (Å²) in [5.41, 5.74) is 0.547. The molecule has 0 radical (unpaired) electrons. The number of aromatic nitrogens is 3. The molecular weight excluding hydrogens is 216 g/mol. The summed E-state index contributed by atoms with van der Waals surface area (Å²) >= 11 is 0. The van der Waals surface area contributed by atoms with Gasteiger partial charge in [0.2, 0.25) is 5.65 Å². The SMILES string of the molecule is CCN1CCCC1c1nnc2c(O)cccn12. The van der Waals surface area contributed by atoms with Gasteiger partial charge < -0.3 is 5.11 Å². The molecule has 0 aliphatic carbocycles. The van der Waals surface area contributed by atoms with Crippen LogP contribution in [0.15, 0.2) is 18.3 Å². The fourth-order valence-electron chi connectivity index (χ4n) is 2.64. The lowest BCUT2D eigenvalue weighted by atomic mass is 10.2. The summed E-state index contributed by atoms with van der Waals surface area (Å²) in [5, 5.41) is 18.0. The van der Waals surface area contributed by atoms with Gasteiger partial charge in [-0.1, -0.05) is 6.92 Å². The molecule has 1 saturated heterocycles. The van der Waals surface area contributed by atoms with Crippen LogP contribution >= 0.6 is 0 Å². The Bertz CT molecular complexity index is 536. The zero-order valence-electron chi connectivity index (χ0n) is 9.87. The Labute approximate surface area is 99.7 Å². The number of nitrogens with zero attached hydrogens (tertiary/aromatic N) is 4. The molecule has 0 saturated carbocycles. The van der Waals surface area contributed by atoms with Crippen molar-refractivity contribution in [2.75, 3.05) is 13.1 Å². The summed E-state index contributed by atoms with van der Waals surface area (Å²) in [6.45, 7) is 4.31. The third kappa shape index (κ3) is 1.58. The topological polar surface area (TPSA) is 53.7 Å². The highest BCUT2D eigenvalue weighted by Crippen LogP contribution is 2.31. The van der Waals surface area contributed by atoms with E-state index in [1.165, 1.54) is 6.42 Å². The van der Waals surface area contributed by atoms with Crippen LogP contribution in [0, 0.1) is 0 Å². The summed E-state index contributed by atoms with van der Waals surface area (Å²) in [6, 6.07) is 3.79. The highest BCUT2D eigenvalue weighted by Gasteiger charge is 2.28. The third-order valence-electron chi connectivity index (χ3n) is 3.51. The van der Waals surface area contributed by atoms with Gasteiger partial charge in [-0.05, 0) is 38.1 Å². The third-order valence-corrected chi connectivity index (χ3v) is 3.51. The molecular formula is C12H16N4O. The van der Waals surface area contributed by atoms with Gasteiger partial charge in [0.05, 0.1) is 6.04 Å². The minimum Gasteiger partial charge on any atom is -0.504 e. The minimum atomic E-state index is 0.187. The Morgan fingerprint density at radius 1 is 1.47 bits per heavy atom. The van der Waals surface area contributed by atoms with Crippen LogP contribution in [0.1, 0.15) is 31.6 Å². The lowest BCUT2D eigenvalue weighted by molar-refractivity contribution is 0.260. The second-order valence-electron chi connectivity index (χ2n) is 4.43. The molecule has 1 atom stereocenters. The molecule has 90 valence electrons. The van der Waals surface area contributed by atoms with E-state index < -0.39 is 0 Å². The molecule has 0 amide bonds. The highest BCUT2D eigenvalue weighted by molar-refractivity contribution is 5.52. The standard InChI is InChI=1S/C12H16N4O/c1-2-15-7-3-5-9(15)11-13-14-12-10(17)6-4-8-16(11)12/h4,6,8-9,17H,2-3,5,7H2,1H3. The molecule has 2 aromatic heterocycles. The molecule has 2 aromatic rings. The maximum Gasteiger partial charge on any atom is 0.203 e. The number of fused-ring (bicyclic) bond motifs is 1. The van der Waals surface area contributed by atoms with Gasteiger partial charge in [0.15, 0.2) is 11.6 Å². The molecule has 1 unspecified atom stereocenters. The number of hydrogen-bond acceptors (Lipinski definition) is 4. The monoisotopic (exact) mass is 232 g/mol. The molecule has 1 N–H and O–H groups in total. The maximum atomic E-state index is 9.71. The van der Waals surface area contributed by atoms with Crippen molar-refractivity contribution < 1.29 is 5.11 Å². The largest absolute Gasteiger partial charge is 0.504 e. The normalized spacial score (nSPS) is 21.4. The molecule has 0 bridgehead atoms. The van der Waals surface area contributed by atoms with Crippen molar-refractivity contribution >= 4 is 5.65 Å². The smallest absolute Gasteiger partial charge is 0.203 e. The lowest BCUT2D eigenvalue weighted by Gasteiger charge is -2.20. The fourth-order valence-corrected chi connectivity index (χ4v) is 2.64. The van der Waals surface area contributed by atoms with Crippen LogP contribution < -0.4 is 0 Å². The summed E-state index contributed by atoms with van der Waals surface area (Å²) in [4.78, 5) is 2.40. The minimum absolute atomic E-state index is 0.187. The van der Waals surface area contributed by atoms with Crippen molar-refractivity contribution in [3.8, 4) is 5.75 Å². The van der Waals surface area contributed by atoms with E-state index in [1.807, 2.05) is 16.7 Å². The number of pyridine rings is 1. The first-order valence-corrected chi connectivity index (χ1v) is 6.08. The lowest BCUT2D eigenvalue weighted by Crippen LogP contribution is -2.24. The average molecular weight is 232 g/mol. The molecule has 1 fully saturated rings. The fraction of sp³-hybridized carbons (Fsp3) is 0.500. The number of aromatic hydroxyl groups is 1. The van der Waals surface area contributed by atoms with E-state index in [9.17, 15) is 5.11 Å². The Kier molecular flexibility index (Phi) is 2.48. The van der Waals surface area contributed by atoms with Crippen LogP contribution in [0.2, 0.25) is 0 Å². The first-order valence-electron chi connectivity index (χ1n) is 6.08. The second kappa shape index (κ2) is 4.00. The van der Waals surface area contributed by atoms with E-state index in [0.29, 0.717) is 11.7 Å². The van der Waals surface area contributed by atoms with E-state index in [-0.39, 0.29) is 5.75 Å². The van der Waals surface area contributed by atoms with Crippen molar-refractivity contribution in [1.82, 2.24) is 19.5 Å². The van der Waals surface area contributed by atoms with Crippen molar-refractivity contribution in [2.45, 2.75) is 25.8 Å². The average Bonchev–Trinajstić information content (AvgIpc) is 2.94. The van der Waals surface area contributed by atoms with Gasteiger partial charge in [-0.25, -0.2) is 0 Å². The summed E-state index contributed by atoms with van der Waals surface area (Å²) in [5.74, 6) is 1.13. The molecule has 1 aliphatic rings. The van der Waals surface area contributed by atoms with Crippen molar-refractivity contribution in [2.24, 2.45) is 0 Å². The van der Waals surface area contributed by atoms with E-state index in [4.69, 9.17) is 0 Å². The predicted octanol–water partition coefficient (Wildman–Crippen LogP) is 1.59. The van der Waals surface area contributed by atoms with Crippen LogP contribution in [0.5, 0.6) is 5.75 Å². The zero-order chi connectivity index (χ0) is 11.8. The number of hydrogen-bond donors (Lipinski definition) is 1. The van der Waals surface area contributed by atoms with Crippen molar-refractivity contribution in [3.05, 3.63) is 24.2 Å². The summed E-state index contributed by atoms with van der Waals surface area (Å²) in [6.07, 6.45) is 4.23. The Hall–Kier alpha value is -1.62. The molecule has 0 aromatic carbocycles. The van der Waals surface area contributed by atoms with Crippen molar-refractivity contribution in [3.63, 3.8) is 0 Å². The molecule has 17 heavy (non-hydrogen) atoms. The van der Waals surface area contributed by atoms with Gasteiger partial charge in [0.1, 0.15) is 0 Å². The first-order chi connectivity index (χ1) is 8.31. The van der Waals surface area contributed by atoms with Crippen molar-refractivity contribution in [1.29, 1.82) is 0 Å². The number of rotatable bonds is 2. The van der Waals surface area contributed by atoms with Gasteiger partial charge in [-0.2, -0.15) is 0 Å². The summed E-state index contributed by atoms with van der Waals surface area (Å²) in [7, 11) is 0. The molecule has 1 aliphatic heterocycles. The molecule has 3 rings (SSSR count). The van der Waals surface area contributed by atoms with E-state index in [0.717, 1.165) is 25.3 Å². The zero-order valence-corrected chi connectivity index (χ0v) is 9.87. The van der Waals surface area contributed by atoms with Crippen LogP contribution in [0.25, 0.3) is 5.65 Å². The predicted molar refractivity (Wildman–Crippen MR) is 63.9 cm³/mol. The maximum absolute atomic E-state index is 9.71. The van der Waals surface area contributed by atoms with Gasteiger partial charge in [0.25, 0.3) is 0 Å². The highest BCUT2D eigenvalue weighted by atomic mass is 16.3. The van der Waals surface area contributed by atoms with E-state index in [2.05, 4.69) is 22.0 Å². The molecule has 5 nitrogen and oxygen atoms in total. The molecule has 0 spiro atoms. The quantitative estimate of drug-likeness (QED) is 0.854. The van der Waals surface area contributed by atoms with Crippen LogP contribution in [0.4, 0.5) is 0 Å². The van der Waals surface area contributed by atoms with E-state index >= 15 is 0 Å². The Balaban J connectivity index is 2.09. The van der Waals surface area contributed by atoms with E-state index in [1.54, 1.807) is 6.07 Å². The first kappa shape index (κ1) is 10.5. The Morgan fingerprint density at radius 2 is 2.35 bits per heavy atom.